The Bertz CT molecular complexity index is 1420. The lowest BCUT2D eigenvalue weighted by Gasteiger charge is -2.31. The first-order valence-corrected chi connectivity index (χ1v) is 13.5. The monoisotopic (exact) mass is 556 g/mol. The predicted octanol–water partition coefficient (Wildman–Crippen LogP) is 4.08. The van der Waals surface area contributed by atoms with E-state index in [1.807, 2.05) is 24.4 Å². The van der Waals surface area contributed by atoms with Gasteiger partial charge in [-0.15, -0.1) is 0 Å². The Labute approximate surface area is 212 Å². The van der Waals surface area contributed by atoms with Crippen LogP contribution in [-0.4, -0.2) is 52.5 Å². The number of rotatable bonds is 7. The summed E-state index contributed by atoms with van der Waals surface area (Å²) in [5.74, 6) is 1.60. The number of sulfonamides is 1. The van der Waals surface area contributed by atoms with Crippen LogP contribution in [0, 0.1) is 0 Å². The van der Waals surface area contributed by atoms with Crippen LogP contribution in [0.25, 0.3) is 5.65 Å². The van der Waals surface area contributed by atoms with Crippen molar-refractivity contribution in [2.45, 2.75) is 30.2 Å². The number of nitrogens with one attached hydrogen (secondary N) is 1. The zero-order valence-electron chi connectivity index (χ0n) is 19.1. The lowest BCUT2D eigenvalue weighted by molar-refractivity contribution is 0.317. The average molecular weight is 557 g/mol. The number of aromatic nitrogens is 4. The van der Waals surface area contributed by atoms with Crippen LogP contribution in [-0.2, 0) is 16.6 Å². The van der Waals surface area contributed by atoms with Crippen molar-refractivity contribution in [1.29, 1.82) is 0 Å². The van der Waals surface area contributed by atoms with Crippen molar-refractivity contribution in [3.63, 3.8) is 0 Å². The largest absolute Gasteiger partial charge is 0.497 e. The van der Waals surface area contributed by atoms with E-state index < -0.39 is 10.0 Å². The second kappa shape index (κ2) is 9.92. The summed E-state index contributed by atoms with van der Waals surface area (Å²) in [7, 11) is -2.00. The van der Waals surface area contributed by atoms with Gasteiger partial charge in [0.1, 0.15) is 11.6 Å². The maximum atomic E-state index is 13.1. The van der Waals surface area contributed by atoms with Crippen molar-refractivity contribution in [2.24, 2.45) is 0 Å². The Morgan fingerprint density at radius 1 is 1.14 bits per heavy atom. The highest BCUT2D eigenvalue weighted by molar-refractivity contribution is 9.10. The van der Waals surface area contributed by atoms with Gasteiger partial charge in [-0.25, -0.2) is 13.4 Å². The molecule has 1 saturated heterocycles. The molecule has 1 N–H and O–H groups in total. The molecule has 0 atom stereocenters. The molecule has 1 aromatic carbocycles. The molecular weight excluding hydrogens is 532 g/mol. The Morgan fingerprint density at radius 3 is 2.60 bits per heavy atom. The number of anilines is 1. The quantitative estimate of drug-likeness (QED) is 0.366. The van der Waals surface area contributed by atoms with Crippen LogP contribution in [0.1, 0.15) is 30.0 Å². The molecule has 182 valence electrons. The topological polar surface area (TPSA) is 102 Å². The van der Waals surface area contributed by atoms with Gasteiger partial charge in [0, 0.05) is 49.7 Å². The van der Waals surface area contributed by atoms with Crippen LogP contribution >= 0.6 is 15.9 Å². The normalized spacial score (nSPS) is 15.4. The Kier molecular flexibility index (Phi) is 6.72. The molecule has 3 aromatic heterocycles. The van der Waals surface area contributed by atoms with Crippen molar-refractivity contribution < 1.29 is 13.2 Å². The third-order valence-electron chi connectivity index (χ3n) is 6.21. The number of methoxy groups -OCH3 is 1. The number of piperidine rings is 1. The van der Waals surface area contributed by atoms with E-state index >= 15 is 0 Å². The summed E-state index contributed by atoms with van der Waals surface area (Å²) in [6, 6.07) is 12.5. The number of halogens is 1. The fourth-order valence-electron chi connectivity index (χ4n) is 4.27. The predicted molar refractivity (Wildman–Crippen MR) is 136 cm³/mol. The summed E-state index contributed by atoms with van der Waals surface area (Å²) < 4.78 is 35.5. The summed E-state index contributed by atoms with van der Waals surface area (Å²) in [5.41, 5.74) is 2.71. The van der Waals surface area contributed by atoms with Gasteiger partial charge in [-0.3, -0.25) is 4.98 Å². The summed E-state index contributed by atoms with van der Waals surface area (Å²) in [5, 5.41) is 7.88. The highest BCUT2D eigenvalue weighted by Gasteiger charge is 2.31. The van der Waals surface area contributed by atoms with Gasteiger partial charge in [0.15, 0.2) is 5.65 Å². The lowest BCUT2D eigenvalue weighted by atomic mass is 9.94. The molecule has 35 heavy (non-hydrogen) atoms. The van der Waals surface area contributed by atoms with Gasteiger partial charge in [0.05, 0.1) is 22.7 Å². The van der Waals surface area contributed by atoms with Gasteiger partial charge < -0.3 is 10.1 Å². The first kappa shape index (κ1) is 23.7. The number of fused-ring (bicyclic) bond motifs is 1. The second-order valence-electron chi connectivity index (χ2n) is 8.36. The van der Waals surface area contributed by atoms with E-state index in [1.165, 1.54) is 0 Å². The Morgan fingerprint density at radius 2 is 1.91 bits per heavy atom. The summed E-state index contributed by atoms with van der Waals surface area (Å²) in [4.78, 5) is 9.31. The summed E-state index contributed by atoms with van der Waals surface area (Å²) in [6.45, 7) is 1.47. The van der Waals surface area contributed by atoms with Gasteiger partial charge in [0.25, 0.3) is 0 Å². The summed E-state index contributed by atoms with van der Waals surface area (Å²) in [6.07, 6.45) is 6.67. The molecule has 4 heterocycles. The first-order chi connectivity index (χ1) is 17.0. The highest BCUT2D eigenvalue weighted by Crippen LogP contribution is 2.32. The van der Waals surface area contributed by atoms with E-state index in [4.69, 9.17) is 9.72 Å². The molecule has 9 nitrogen and oxygen atoms in total. The number of benzene rings is 1. The smallest absolute Gasteiger partial charge is 0.243 e. The van der Waals surface area contributed by atoms with Gasteiger partial charge in [-0.05, 0) is 64.7 Å². The fraction of sp³-hybridized carbons (Fsp3) is 0.292. The van der Waals surface area contributed by atoms with Crippen molar-refractivity contribution in [1.82, 2.24) is 23.9 Å². The number of pyridine rings is 1. The zero-order valence-corrected chi connectivity index (χ0v) is 21.5. The maximum absolute atomic E-state index is 13.1. The van der Waals surface area contributed by atoms with Gasteiger partial charge in [-0.1, -0.05) is 6.07 Å². The van der Waals surface area contributed by atoms with Crippen molar-refractivity contribution >= 4 is 37.4 Å². The number of ether oxygens (including phenoxy) is 1. The zero-order chi connectivity index (χ0) is 24.4. The molecule has 0 radical (unpaired) electrons. The van der Waals surface area contributed by atoms with Crippen molar-refractivity contribution in [3.8, 4) is 5.75 Å². The molecule has 0 aliphatic carbocycles. The van der Waals surface area contributed by atoms with Crippen molar-refractivity contribution in [3.05, 3.63) is 76.8 Å². The first-order valence-electron chi connectivity index (χ1n) is 11.3. The van der Waals surface area contributed by atoms with E-state index in [1.54, 1.807) is 52.6 Å². The molecule has 11 heteroatoms. The average Bonchev–Trinajstić information content (AvgIpc) is 3.28. The fourth-order valence-corrected chi connectivity index (χ4v) is 6.09. The lowest BCUT2D eigenvalue weighted by Crippen LogP contribution is -2.38. The van der Waals surface area contributed by atoms with Gasteiger partial charge in [0.2, 0.25) is 10.0 Å². The van der Waals surface area contributed by atoms with E-state index in [0.717, 1.165) is 27.2 Å². The van der Waals surface area contributed by atoms with E-state index in [0.29, 0.717) is 38.2 Å². The Hall–Kier alpha value is -3.02. The molecule has 0 saturated carbocycles. The minimum absolute atomic E-state index is 0.142. The minimum Gasteiger partial charge on any atom is -0.497 e. The van der Waals surface area contributed by atoms with Crippen LogP contribution in [0.5, 0.6) is 5.75 Å². The Balaban J connectivity index is 1.34. The standard InChI is InChI=1S/C24H25BrN6O3S/c1-34-19-4-6-20(7-5-19)35(32,33)30-11-8-18(9-12-30)22-13-23(27-15-17-3-2-10-26-14-17)31-24(29-22)21(25)16-28-31/h2-7,10,13-14,16,18,27H,8-9,11-12,15H2,1H3. The van der Waals surface area contributed by atoms with Crippen LogP contribution in [0.4, 0.5) is 5.82 Å². The molecule has 0 amide bonds. The SMILES string of the molecule is COc1ccc(S(=O)(=O)N2CCC(c3cc(NCc4cccnc4)n4ncc(Br)c4n3)CC2)cc1. The van der Waals surface area contributed by atoms with E-state index in [9.17, 15) is 8.42 Å². The minimum atomic E-state index is -3.55. The van der Waals surface area contributed by atoms with Crippen LogP contribution in [0.2, 0.25) is 0 Å². The number of hydrogen-bond acceptors (Lipinski definition) is 7. The second-order valence-corrected chi connectivity index (χ2v) is 11.2. The molecule has 0 bridgehead atoms. The molecular formula is C24H25BrN6O3S. The third kappa shape index (κ3) is 4.89. The van der Waals surface area contributed by atoms with E-state index in [-0.39, 0.29) is 10.8 Å². The van der Waals surface area contributed by atoms with Gasteiger partial charge >= 0.3 is 0 Å². The molecule has 1 aliphatic rings. The number of nitrogens with zero attached hydrogens (tertiary/aromatic N) is 5. The highest BCUT2D eigenvalue weighted by atomic mass is 79.9. The van der Waals surface area contributed by atoms with Crippen LogP contribution in [0.3, 0.4) is 0 Å². The van der Waals surface area contributed by atoms with Crippen molar-refractivity contribution in [2.75, 3.05) is 25.5 Å². The van der Waals surface area contributed by atoms with Crippen LogP contribution in [0.15, 0.2) is 70.4 Å². The number of hydrogen-bond donors (Lipinski definition) is 1. The molecule has 4 aromatic rings. The van der Waals surface area contributed by atoms with Gasteiger partial charge in [-0.2, -0.15) is 13.9 Å². The molecule has 5 rings (SSSR count). The van der Waals surface area contributed by atoms with E-state index in [2.05, 4.69) is 31.3 Å². The molecule has 0 unspecified atom stereocenters. The summed E-state index contributed by atoms with van der Waals surface area (Å²) >= 11 is 3.55. The van der Waals surface area contributed by atoms with Crippen LogP contribution < -0.4 is 10.1 Å². The molecule has 0 spiro atoms. The maximum Gasteiger partial charge on any atom is 0.243 e. The molecule has 1 fully saturated rings. The third-order valence-corrected chi connectivity index (χ3v) is 8.69. The molecule has 1 aliphatic heterocycles.